The second-order valence-corrected chi connectivity index (χ2v) is 4.75. The Morgan fingerprint density at radius 2 is 2.33 bits per heavy atom. The molecule has 0 radical (unpaired) electrons. The van der Waals surface area contributed by atoms with Crippen LogP contribution in [0, 0.1) is 0 Å². The highest BCUT2D eigenvalue weighted by molar-refractivity contribution is 7.12. The highest BCUT2D eigenvalue weighted by Crippen LogP contribution is 2.25. The molecular formula is C11H17NO2S. The minimum atomic E-state index is -0.748. The Balaban J connectivity index is 2.39. The van der Waals surface area contributed by atoms with E-state index in [9.17, 15) is 4.79 Å². The van der Waals surface area contributed by atoms with Crippen LogP contribution in [0.4, 0.5) is 0 Å². The van der Waals surface area contributed by atoms with Gasteiger partial charge in [-0.1, -0.05) is 6.92 Å². The molecule has 0 saturated heterocycles. The Bertz CT molecular complexity index is 322. The predicted octanol–water partition coefficient (Wildman–Crippen LogP) is 2.57. The molecule has 1 heterocycles. The van der Waals surface area contributed by atoms with Crippen LogP contribution >= 0.6 is 11.3 Å². The zero-order valence-corrected chi connectivity index (χ0v) is 9.72. The molecule has 1 unspecified atom stereocenters. The summed E-state index contributed by atoms with van der Waals surface area (Å²) in [6.07, 6.45) is 2.64. The van der Waals surface area contributed by atoms with Gasteiger partial charge >= 0.3 is 5.97 Å². The van der Waals surface area contributed by atoms with Gasteiger partial charge in [0.2, 0.25) is 0 Å². The molecule has 0 bridgehead atoms. The van der Waals surface area contributed by atoms with Crippen LogP contribution in [0.15, 0.2) is 12.1 Å². The number of carboxylic acid groups (broad SMARTS) is 1. The van der Waals surface area contributed by atoms with E-state index >= 15 is 0 Å². The lowest BCUT2D eigenvalue weighted by atomic mass is 10.1. The average Bonchev–Trinajstić information content (AvgIpc) is 2.65. The zero-order valence-electron chi connectivity index (χ0n) is 8.90. The number of nitrogens with two attached hydrogens (primary N) is 1. The van der Waals surface area contributed by atoms with Gasteiger partial charge in [0, 0.05) is 22.2 Å². The van der Waals surface area contributed by atoms with Crippen molar-refractivity contribution in [1.82, 2.24) is 0 Å². The van der Waals surface area contributed by atoms with Crippen LogP contribution in [-0.2, 0) is 11.2 Å². The van der Waals surface area contributed by atoms with E-state index in [1.54, 1.807) is 11.3 Å². The van der Waals surface area contributed by atoms with Crippen molar-refractivity contribution in [2.45, 2.75) is 38.6 Å². The minimum Gasteiger partial charge on any atom is -0.481 e. The first-order chi connectivity index (χ1) is 7.13. The topological polar surface area (TPSA) is 63.3 Å². The van der Waals surface area contributed by atoms with Crippen molar-refractivity contribution in [3.63, 3.8) is 0 Å². The van der Waals surface area contributed by atoms with E-state index in [0.717, 1.165) is 17.7 Å². The molecule has 84 valence electrons. The van der Waals surface area contributed by atoms with E-state index in [1.165, 1.54) is 4.88 Å². The SMILES string of the molecule is CCc1ccc(C(N)CCCC(=O)O)s1. The highest BCUT2D eigenvalue weighted by Gasteiger charge is 2.09. The number of hydrogen-bond acceptors (Lipinski definition) is 3. The van der Waals surface area contributed by atoms with Gasteiger partial charge in [0.15, 0.2) is 0 Å². The molecule has 0 aliphatic rings. The molecule has 0 amide bonds. The summed E-state index contributed by atoms with van der Waals surface area (Å²) in [6, 6.07) is 4.14. The van der Waals surface area contributed by atoms with Crippen molar-refractivity contribution in [2.75, 3.05) is 0 Å². The second kappa shape index (κ2) is 5.88. The van der Waals surface area contributed by atoms with Crippen LogP contribution in [0.1, 0.15) is 42.0 Å². The van der Waals surface area contributed by atoms with Gasteiger partial charge in [-0.15, -0.1) is 11.3 Å². The lowest BCUT2D eigenvalue weighted by molar-refractivity contribution is -0.137. The molecule has 0 saturated carbocycles. The molecule has 3 N–H and O–H groups in total. The third-order valence-corrected chi connectivity index (χ3v) is 3.66. The Morgan fingerprint density at radius 1 is 1.60 bits per heavy atom. The Kier molecular flexibility index (Phi) is 4.78. The van der Waals surface area contributed by atoms with Gasteiger partial charge in [-0.2, -0.15) is 0 Å². The molecule has 3 nitrogen and oxygen atoms in total. The summed E-state index contributed by atoms with van der Waals surface area (Å²) in [7, 11) is 0. The molecule has 15 heavy (non-hydrogen) atoms. The molecule has 0 aliphatic carbocycles. The highest BCUT2D eigenvalue weighted by atomic mass is 32.1. The van der Waals surface area contributed by atoms with Crippen molar-refractivity contribution in [3.05, 3.63) is 21.9 Å². The van der Waals surface area contributed by atoms with Crippen LogP contribution in [0.3, 0.4) is 0 Å². The fourth-order valence-corrected chi connectivity index (χ4v) is 2.39. The fourth-order valence-electron chi connectivity index (χ4n) is 1.40. The van der Waals surface area contributed by atoms with Gasteiger partial charge < -0.3 is 10.8 Å². The first-order valence-corrected chi connectivity index (χ1v) is 6.01. The number of aliphatic carboxylic acids is 1. The molecule has 1 aromatic heterocycles. The van der Waals surface area contributed by atoms with Crippen LogP contribution < -0.4 is 5.73 Å². The number of carboxylic acids is 1. The summed E-state index contributed by atoms with van der Waals surface area (Å²) in [4.78, 5) is 12.8. The van der Waals surface area contributed by atoms with E-state index in [1.807, 2.05) is 0 Å². The van der Waals surface area contributed by atoms with Gasteiger partial charge in [0.05, 0.1) is 0 Å². The maximum Gasteiger partial charge on any atom is 0.303 e. The van der Waals surface area contributed by atoms with Crippen LogP contribution in [0.2, 0.25) is 0 Å². The maximum absolute atomic E-state index is 10.3. The molecule has 4 heteroatoms. The molecule has 0 aromatic carbocycles. The van der Waals surface area contributed by atoms with Crippen LogP contribution in [0.25, 0.3) is 0 Å². The Labute approximate surface area is 93.9 Å². The Hall–Kier alpha value is -0.870. The van der Waals surface area contributed by atoms with E-state index in [-0.39, 0.29) is 12.5 Å². The minimum absolute atomic E-state index is 0.00495. The fraction of sp³-hybridized carbons (Fsp3) is 0.545. The maximum atomic E-state index is 10.3. The van der Waals surface area contributed by atoms with E-state index < -0.39 is 5.97 Å². The largest absolute Gasteiger partial charge is 0.481 e. The van der Waals surface area contributed by atoms with E-state index in [0.29, 0.717) is 6.42 Å². The summed E-state index contributed by atoms with van der Waals surface area (Å²) >= 11 is 1.73. The number of thiophene rings is 1. The van der Waals surface area contributed by atoms with Crippen molar-refractivity contribution >= 4 is 17.3 Å². The smallest absolute Gasteiger partial charge is 0.303 e. The van der Waals surface area contributed by atoms with Gasteiger partial charge in [0.1, 0.15) is 0 Å². The van der Waals surface area contributed by atoms with Crippen molar-refractivity contribution in [3.8, 4) is 0 Å². The number of rotatable bonds is 6. The van der Waals surface area contributed by atoms with Gasteiger partial charge in [0.25, 0.3) is 0 Å². The number of aryl methyl sites for hydroxylation is 1. The summed E-state index contributed by atoms with van der Waals surface area (Å²) in [5, 5.41) is 8.50. The zero-order chi connectivity index (χ0) is 11.3. The van der Waals surface area contributed by atoms with E-state index in [2.05, 4.69) is 19.1 Å². The van der Waals surface area contributed by atoms with Crippen molar-refractivity contribution in [2.24, 2.45) is 5.73 Å². The van der Waals surface area contributed by atoms with Crippen molar-refractivity contribution in [1.29, 1.82) is 0 Å². The van der Waals surface area contributed by atoms with Crippen molar-refractivity contribution < 1.29 is 9.90 Å². The summed E-state index contributed by atoms with van der Waals surface area (Å²) in [6.45, 7) is 2.12. The Morgan fingerprint density at radius 3 is 2.87 bits per heavy atom. The lowest BCUT2D eigenvalue weighted by Gasteiger charge is -2.07. The van der Waals surface area contributed by atoms with Gasteiger partial charge in [-0.05, 0) is 31.4 Å². The normalized spacial score (nSPS) is 12.7. The summed E-state index contributed by atoms with van der Waals surface area (Å²) < 4.78 is 0. The quantitative estimate of drug-likeness (QED) is 0.785. The number of carbonyl (C=O) groups is 1. The average molecular weight is 227 g/mol. The summed E-state index contributed by atoms with van der Waals surface area (Å²) in [5.74, 6) is -0.748. The molecule has 1 aromatic rings. The first kappa shape index (κ1) is 12.2. The van der Waals surface area contributed by atoms with Gasteiger partial charge in [-0.3, -0.25) is 4.79 Å². The third kappa shape index (κ3) is 4.01. The molecular weight excluding hydrogens is 210 g/mol. The second-order valence-electron chi connectivity index (χ2n) is 3.55. The number of hydrogen-bond donors (Lipinski definition) is 2. The molecule has 1 atom stereocenters. The monoisotopic (exact) mass is 227 g/mol. The molecule has 0 fully saturated rings. The molecule has 0 spiro atoms. The predicted molar refractivity (Wildman–Crippen MR) is 62.1 cm³/mol. The van der Waals surface area contributed by atoms with Crippen LogP contribution in [0.5, 0.6) is 0 Å². The van der Waals surface area contributed by atoms with E-state index in [4.69, 9.17) is 10.8 Å². The lowest BCUT2D eigenvalue weighted by Crippen LogP contribution is -2.09. The molecule has 1 rings (SSSR count). The van der Waals surface area contributed by atoms with Gasteiger partial charge in [-0.25, -0.2) is 0 Å². The molecule has 0 aliphatic heterocycles. The standard InChI is InChI=1S/C11H17NO2S/c1-2-8-6-7-10(15-8)9(12)4-3-5-11(13)14/h6-7,9H,2-5,12H2,1H3,(H,13,14). The van der Waals surface area contributed by atoms with Crippen LogP contribution in [-0.4, -0.2) is 11.1 Å². The summed E-state index contributed by atoms with van der Waals surface area (Å²) in [5.41, 5.74) is 5.97. The first-order valence-electron chi connectivity index (χ1n) is 5.19. The third-order valence-electron chi connectivity index (χ3n) is 2.30.